The summed E-state index contributed by atoms with van der Waals surface area (Å²) in [5.41, 5.74) is 10.2. The third-order valence-electron chi connectivity index (χ3n) is 3.92. The van der Waals surface area contributed by atoms with Gasteiger partial charge in [0.15, 0.2) is 17.2 Å². The Balaban J connectivity index is 1.92. The first-order valence-electron chi connectivity index (χ1n) is 7.86. The van der Waals surface area contributed by atoms with E-state index in [0.29, 0.717) is 22.3 Å². The van der Waals surface area contributed by atoms with Gasteiger partial charge in [-0.2, -0.15) is 5.10 Å². The van der Waals surface area contributed by atoms with Gasteiger partial charge in [0, 0.05) is 10.9 Å². The number of aryl methyl sites for hydroxylation is 1. The monoisotopic (exact) mass is 350 g/mol. The molecular weight excluding hydrogens is 332 g/mol. The highest BCUT2D eigenvalue weighted by atomic mass is 16.5. The van der Waals surface area contributed by atoms with Crippen LogP contribution in [0.3, 0.4) is 0 Å². The lowest BCUT2D eigenvalue weighted by molar-refractivity contribution is 0.0954. The molecule has 0 spiro atoms. The minimum Gasteiger partial charge on any atom is -0.493 e. The van der Waals surface area contributed by atoms with Crippen LogP contribution in [0.1, 0.15) is 21.5 Å². The van der Waals surface area contributed by atoms with Crippen LogP contribution >= 0.6 is 0 Å². The number of amides is 1. The molecular formula is C19H18N4O3. The largest absolute Gasteiger partial charge is 0.493 e. The van der Waals surface area contributed by atoms with E-state index in [1.165, 1.54) is 7.11 Å². The van der Waals surface area contributed by atoms with Gasteiger partial charge >= 0.3 is 0 Å². The molecule has 0 saturated heterocycles. The molecule has 1 aromatic heterocycles. The summed E-state index contributed by atoms with van der Waals surface area (Å²) in [6, 6.07) is 14.2. The van der Waals surface area contributed by atoms with Crippen LogP contribution in [0.5, 0.6) is 5.75 Å². The standard InChI is InChI=1S/C19H18N4O3/c1-11-6-3-4-8-13(11)19(24)23-22-17(20)14-10-12-7-5-9-15(25-2)16(12)26-18(14)21/h3-10,21H,1-2H3,(H2,20,22)(H,23,24). The number of hydrogen-bond donors (Lipinski definition) is 3. The van der Waals surface area contributed by atoms with Crippen LogP contribution in [0.25, 0.3) is 11.0 Å². The van der Waals surface area contributed by atoms with Crippen LogP contribution in [0.4, 0.5) is 0 Å². The SMILES string of the molecule is COc1cccc2cc(/C(N)=N\NC(=O)c3ccccc3C)c(=N)oc12. The van der Waals surface area contributed by atoms with Crippen molar-refractivity contribution in [1.29, 1.82) is 5.41 Å². The van der Waals surface area contributed by atoms with Crippen LogP contribution in [0.2, 0.25) is 0 Å². The number of fused-ring (bicyclic) bond motifs is 1. The maximum Gasteiger partial charge on any atom is 0.271 e. The average Bonchev–Trinajstić information content (AvgIpc) is 2.65. The predicted octanol–water partition coefficient (Wildman–Crippen LogP) is 2.28. The van der Waals surface area contributed by atoms with Crippen LogP contribution in [0, 0.1) is 12.3 Å². The second-order valence-corrected chi connectivity index (χ2v) is 5.62. The van der Waals surface area contributed by atoms with E-state index in [9.17, 15) is 4.79 Å². The fraction of sp³-hybridized carbons (Fsp3) is 0.105. The first kappa shape index (κ1) is 17.2. The molecule has 0 aliphatic carbocycles. The fourth-order valence-electron chi connectivity index (χ4n) is 2.54. The molecule has 2 aromatic carbocycles. The van der Waals surface area contributed by atoms with Crippen molar-refractivity contribution in [3.05, 3.63) is 70.8 Å². The second kappa shape index (κ2) is 7.10. The average molecular weight is 350 g/mol. The number of benzene rings is 2. The summed E-state index contributed by atoms with van der Waals surface area (Å²) >= 11 is 0. The van der Waals surface area contributed by atoms with E-state index in [0.717, 1.165) is 5.56 Å². The number of para-hydroxylation sites is 1. The smallest absolute Gasteiger partial charge is 0.271 e. The number of amidine groups is 1. The van der Waals surface area contributed by atoms with Gasteiger partial charge in [0.05, 0.1) is 12.7 Å². The number of hydrazone groups is 1. The predicted molar refractivity (Wildman–Crippen MR) is 98.0 cm³/mol. The third kappa shape index (κ3) is 3.27. The number of carbonyl (C=O) groups is 1. The number of hydrogen-bond acceptors (Lipinski definition) is 5. The minimum atomic E-state index is -0.378. The van der Waals surface area contributed by atoms with Gasteiger partial charge in [0.25, 0.3) is 5.91 Å². The van der Waals surface area contributed by atoms with Crippen molar-refractivity contribution in [2.75, 3.05) is 7.11 Å². The topological polar surface area (TPSA) is 114 Å². The molecule has 0 bridgehead atoms. The molecule has 0 saturated carbocycles. The highest BCUT2D eigenvalue weighted by Crippen LogP contribution is 2.24. The summed E-state index contributed by atoms with van der Waals surface area (Å²) in [6.07, 6.45) is 0. The van der Waals surface area contributed by atoms with E-state index in [1.807, 2.05) is 25.1 Å². The van der Waals surface area contributed by atoms with Gasteiger partial charge in [0.2, 0.25) is 5.55 Å². The van der Waals surface area contributed by atoms with E-state index in [4.69, 9.17) is 20.3 Å². The van der Waals surface area contributed by atoms with Crippen molar-refractivity contribution in [3.63, 3.8) is 0 Å². The van der Waals surface area contributed by atoms with Gasteiger partial charge in [-0.1, -0.05) is 30.3 Å². The van der Waals surface area contributed by atoms with E-state index in [2.05, 4.69) is 10.5 Å². The summed E-state index contributed by atoms with van der Waals surface area (Å²) in [5.74, 6) is 0.119. The fourth-order valence-corrected chi connectivity index (χ4v) is 2.54. The number of carbonyl (C=O) groups excluding carboxylic acids is 1. The molecule has 0 aliphatic heterocycles. The summed E-state index contributed by atoms with van der Waals surface area (Å²) < 4.78 is 10.7. The molecule has 3 rings (SSSR count). The molecule has 0 atom stereocenters. The summed E-state index contributed by atoms with van der Waals surface area (Å²) in [4.78, 5) is 12.2. The third-order valence-corrected chi connectivity index (χ3v) is 3.92. The molecule has 0 aliphatic rings. The summed E-state index contributed by atoms with van der Waals surface area (Å²) in [6.45, 7) is 1.83. The molecule has 132 valence electrons. The number of methoxy groups -OCH3 is 1. The van der Waals surface area contributed by atoms with Crippen molar-refractivity contribution >= 4 is 22.7 Å². The van der Waals surface area contributed by atoms with Crippen molar-refractivity contribution < 1.29 is 13.9 Å². The van der Waals surface area contributed by atoms with E-state index in [-0.39, 0.29) is 22.9 Å². The van der Waals surface area contributed by atoms with Crippen LogP contribution in [-0.4, -0.2) is 18.9 Å². The highest BCUT2D eigenvalue weighted by Gasteiger charge is 2.12. The van der Waals surface area contributed by atoms with Gasteiger partial charge in [0.1, 0.15) is 0 Å². The first-order chi connectivity index (χ1) is 12.5. The number of ether oxygens (including phenoxy) is 1. The van der Waals surface area contributed by atoms with E-state index >= 15 is 0 Å². The lowest BCUT2D eigenvalue weighted by atomic mass is 10.1. The Bertz CT molecular complexity index is 1070. The van der Waals surface area contributed by atoms with Crippen LogP contribution < -0.4 is 21.5 Å². The molecule has 0 fully saturated rings. The normalized spacial score (nSPS) is 11.4. The number of rotatable bonds is 4. The van der Waals surface area contributed by atoms with Gasteiger partial charge in [-0.25, -0.2) is 5.43 Å². The maximum atomic E-state index is 12.2. The molecule has 0 radical (unpaired) electrons. The van der Waals surface area contributed by atoms with Crippen LogP contribution in [0.15, 0.2) is 58.0 Å². The van der Waals surface area contributed by atoms with Crippen molar-refractivity contribution in [2.24, 2.45) is 10.8 Å². The van der Waals surface area contributed by atoms with Crippen LogP contribution in [-0.2, 0) is 0 Å². The number of nitrogens with zero attached hydrogens (tertiary/aromatic N) is 1. The molecule has 1 heterocycles. The van der Waals surface area contributed by atoms with Crippen molar-refractivity contribution in [1.82, 2.24) is 5.43 Å². The minimum absolute atomic E-state index is 0.0228. The molecule has 26 heavy (non-hydrogen) atoms. The molecule has 0 unspecified atom stereocenters. The van der Waals surface area contributed by atoms with Gasteiger partial charge in [-0.3, -0.25) is 10.2 Å². The molecule has 3 aromatic rings. The number of nitrogens with one attached hydrogen (secondary N) is 2. The van der Waals surface area contributed by atoms with Crippen molar-refractivity contribution in [3.8, 4) is 5.75 Å². The Hall–Kier alpha value is -3.61. The number of nitrogens with two attached hydrogens (primary N) is 1. The lowest BCUT2D eigenvalue weighted by Gasteiger charge is -2.07. The maximum absolute atomic E-state index is 12.2. The van der Waals surface area contributed by atoms with Gasteiger partial charge < -0.3 is 14.9 Å². The Labute approximate surface area is 149 Å². The highest BCUT2D eigenvalue weighted by molar-refractivity contribution is 6.01. The van der Waals surface area contributed by atoms with E-state index < -0.39 is 0 Å². The second-order valence-electron chi connectivity index (χ2n) is 5.62. The lowest BCUT2D eigenvalue weighted by Crippen LogP contribution is -2.28. The Morgan fingerprint density at radius 3 is 2.69 bits per heavy atom. The van der Waals surface area contributed by atoms with Crippen molar-refractivity contribution in [2.45, 2.75) is 6.92 Å². The van der Waals surface area contributed by atoms with Gasteiger partial charge in [-0.05, 0) is 30.7 Å². The summed E-state index contributed by atoms with van der Waals surface area (Å²) in [5, 5.41) is 12.7. The zero-order valence-corrected chi connectivity index (χ0v) is 14.4. The molecule has 1 amide bonds. The Kier molecular flexibility index (Phi) is 4.70. The molecule has 7 nitrogen and oxygen atoms in total. The Morgan fingerprint density at radius 2 is 1.96 bits per heavy atom. The van der Waals surface area contributed by atoms with E-state index in [1.54, 1.807) is 30.3 Å². The molecule has 4 N–H and O–H groups in total. The zero-order chi connectivity index (χ0) is 18.7. The Morgan fingerprint density at radius 1 is 1.19 bits per heavy atom. The zero-order valence-electron chi connectivity index (χ0n) is 14.4. The quantitative estimate of drug-likeness (QED) is 0.380. The summed E-state index contributed by atoms with van der Waals surface area (Å²) in [7, 11) is 1.53. The van der Waals surface area contributed by atoms with Gasteiger partial charge in [-0.15, -0.1) is 0 Å². The molecule has 7 heteroatoms. The first-order valence-corrected chi connectivity index (χ1v) is 7.86.